The van der Waals surface area contributed by atoms with Gasteiger partial charge in [0.15, 0.2) is 0 Å². The number of para-hydroxylation sites is 1. The highest BCUT2D eigenvalue weighted by molar-refractivity contribution is 5.64. The molecular formula is C21H28N2O4. The van der Waals surface area contributed by atoms with Crippen molar-refractivity contribution in [2.45, 2.75) is 26.4 Å². The van der Waals surface area contributed by atoms with Gasteiger partial charge in [-0.25, -0.2) is 0 Å². The summed E-state index contributed by atoms with van der Waals surface area (Å²) in [5.41, 5.74) is 2.51. The van der Waals surface area contributed by atoms with Crippen LogP contribution < -0.4 is 5.32 Å². The quantitative estimate of drug-likeness (QED) is 0.335. The largest absolute Gasteiger partial charge is 0.385 e. The molecule has 0 aliphatic heterocycles. The fraction of sp³-hybridized carbons (Fsp3) is 0.429. The summed E-state index contributed by atoms with van der Waals surface area (Å²) < 4.78 is 11.0. The van der Waals surface area contributed by atoms with Crippen molar-refractivity contribution in [2.75, 3.05) is 32.2 Å². The number of hydrogen-bond donors (Lipinski definition) is 1. The van der Waals surface area contributed by atoms with Gasteiger partial charge in [-0.2, -0.15) is 0 Å². The molecule has 0 saturated carbocycles. The molecule has 0 bridgehead atoms. The van der Waals surface area contributed by atoms with Gasteiger partial charge < -0.3 is 14.8 Å². The third-order valence-electron chi connectivity index (χ3n) is 4.51. The number of nitrogens with one attached hydrogen (secondary N) is 1. The van der Waals surface area contributed by atoms with E-state index >= 15 is 0 Å². The van der Waals surface area contributed by atoms with Crippen LogP contribution in [0.4, 0.5) is 11.4 Å². The Morgan fingerprint density at radius 3 is 2.52 bits per heavy atom. The fourth-order valence-electron chi connectivity index (χ4n) is 2.95. The topological polar surface area (TPSA) is 73.6 Å². The number of benzene rings is 2. The molecule has 0 amide bonds. The van der Waals surface area contributed by atoms with Crippen LogP contribution in [-0.4, -0.2) is 31.8 Å². The Hall–Kier alpha value is -2.44. The van der Waals surface area contributed by atoms with E-state index in [0.29, 0.717) is 43.5 Å². The number of nitro groups is 1. The standard InChI is InChI=1S/C21H28N2O4/c1-17-7-6-10-20(21(17)23(24)25)22-15-18(11-13-26-2)12-14-27-16-19-8-4-3-5-9-19/h3-10,18,22H,11-16H2,1-2H3. The molecule has 0 aromatic heterocycles. The average molecular weight is 372 g/mol. The van der Waals surface area contributed by atoms with E-state index < -0.39 is 0 Å². The normalized spacial score (nSPS) is 11.9. The minimum atomic E-state index is -0.329. The SMILES string of the molecule is COCCC(CCOCc1ccccc1)CNc1cccc(C)c1[N+](=O)[O-]. The molecule has 0 fully saturated rings. The number of rotatable bonds is 12. The molecule has 2 aromatic rings. The first-order valence-corrected chi connectivity index (χ1v) is 9.20. The van der Waals surface area contributed by atoms with Crippen LogP contribution in [0.5, 0.6) is 0 Å². The van der Waals surface area contributed by atoms with Crippen molar-refractivity contribution in [3.8, 4) is 0 Å². The summed E-state index contributed by atoms with van der Waals surface area (Å²) in [4.78, 5) is 11.0. The van der Waals surface area contributed by atoms with Gasteiger partial charge in [0.25, 0.3) is 5.69 Å². The van der Waals surface area contributed by atoms with Crippen molar-refractivity contribution in [3.63, 3.8) is 0 Å². The van der Waals surface area contributed by atoms with E-state index in [9.17, 15) is 10.1 Å². The highest BCUT2D eigenvalue weighted by Gasteiger charge is 2.18. The Bertz CT molecular complexity index is 707. The molecule has 1 unspecified atom stereocenters. The van der Waals surface area contributed by atoms with Gasteiger partial charge in [0, 0.05) is 32.4 Å². The summed E-state index contributed by atoms with van der Waals surface area (Å²) in [6, 6.07) is 15.4. The molecule has 0 aliphatic carbocycles. The summed E-state index contributed by atoms with van der Waals surface area (Å²) in [6.07, 6.45) is 1.74. The van der Waals surface area contributed by atoms with E-state index in [2.05, 4.69) is 5.32 Å². The van der Waals surface area contributed by atoms with Crippen LogP contribution in [0.25, 0.3) is 0 Å². The predicted molar refractivity (Wildman–Crippen MR) is 107 cm³/mol. The number of anilines is 1. The molecule has 6 nitrogen and oxygen atoms in total. The van der Waals surface area contributed by atoms with Crippen molar-refractivity contribution >= 4 is 11.4 Å². The summed E-state index contributed by atoms with van der Waals surface area (Å²) in [5.74, 6) is 0.306. The summed E-state index contributed by atoms with van der Waals surface area (Å²) in [5, 5.41) is 14.6. The van der Waals surface area contributed by atoms with Crippen molar-refractivity contribution in [1.82, 2.24) is 0 Å². The average Bonchev–Trinajstić information content (AvgIpc) is 2.67. The zero-order valence-electron chi connectivity index (χ0n) is 16.0. The fourth-order valence-corrected chi connectivity index (χ4v) is 2.95. The molecule has 2 aromatic carbocycles. The Morgan fingerprint density at radius 2 is 1.81 bits per heavy atom. The molecule has 1 atom stereocenters. The predicted octanol–water partition coefficient (Wildman–Crippen LogP) is 4.57. The number of nitrogens with zero attached hydrogens (tertiary/aromatic N) is 1. The molecule has 0 heterocycles. The van der Waals surface area contributed by atoms with Gasteiger partial charge in [-0.3, -0.25) is 10.1 Å². The second kappa shape index (κ2) is 11.3. The van der Waals surface area contributed by atoms with Crippen LogP contribution in [0, 0.1) is 23.0 Å². The molecule has 146 valence electrons. The molecular weight excluding hydrogens is 344 g/mol. The second-order valence-electron chi connectivity index (χ2n) is 6.58. The second-order valence-corrected chi connectivity index (χ2v) is 6.58. The van der Waals surface area contributed by atoms with E-state index in [0.717, 1.165) is 18.4 Å². The zero-order chi connectivity index (χ0) is 19.5. The van der Waals surface area contributed by atoms with Gasteiger partial charge in [0.1, 0.15) is 5.69 Å². The van der Waals surface area contributed by atoms with E-state index in [1.54, 1.807) is 26.2 Å². The molecule has 1 N–H and O–H groups in total. The summed E-state index contributed by atoms with van der Waals surface area (Å²) in [6.45, 7) is 4.28. The first kappa shape index (κ1) is 20.9. The Balaban J connectivity index is 1.87. The molecule has 0 spiro atoms. The van der Waals surface area contributed by atoms with Crippen molar-refractivity contribution in [3.05, 3.63) is 69.8 Å². The van der Waals surface area contributed by atoms with E-state index in [4.69, 9.17) is 9.47 Å². The van der Waals surface area contributed by atoms with Crippen LogP contribution in [0.2, 0.25) is 0 Å². The Morgan fingerprint density at radius 1 is 1.07 bits per heavy atom. The summed E-state index contributed by atoms with van der Waals surface area (Å²) >= 11 is 0. The number of methoxy groups -OCH3 is 1. The highest BCUT2D eigenvalue weighted by atomic mass is 16.6. The monoisotopic (exact) mass is 372 g/mol. The minimum absolute atomic E-state index is 0.142. The van der Waals surface area contributed by atoms with Gasteiger partial charge in [-0.05, 0) is 37.3 Å². The number of nitro benzene ring substituents is 1. The van der Waals surface area contributed by atoms with Crippen molar-refractivity contribution in [1.29, 1.82) is 0 Å². The van der Waals surface area contributed by atoms with Crippen LogP contribution in [-0.2, 0) is 16.1 Å². The van der Waals surface area contributed by atoms with Crippen molar-refractivity contribution < 1.29 is 14.4 Å². The minimum Gasteiger partial charge on any atom is -0.385 e. The maximum absolute atomic E-state index is 11.3. The summed E-state index contributed by atoms with van der Waals surface area (Å²) in [7, 11) is 1.68. The maximum atomic E-state index is 11.3. The first-order chi connectivity index (χ1) is 13.1. The van der Waals surface area contributed by atoms with Crippen molar-refractivity contribution in [2.24, 2.45) is 5.92 Å². The zero-order valence-corrected chi connectivity index (χ0v) is 16.0. The molecule has 2 rings (SSSR count). The lowest BCUT2D eigenvalue weighted by Crippen LogP contribution is -2.19. The Kier molecular flexibility index (Phi) is 8.74. The number of hydrogen-bond acceptors (Lipinski definition) is 5. The lowest BCUT2D eigenvalue weighted by molar-refractivity contribution is -0.384. The van der Waals surface area contributed by atoms with Crippen LogP contribution >= 0.6 is 0 Å². The molecule has 0 radical (unpaired) electrons. The molecule has 0 aliphatic rings. The third-order valence-corrected chi connectivity index (χ3v) is 4.51. The van der Waals surface area contributed by atoms with Gasteiger partial charge >= 0.3 is 0 Å². The molecule has 27 heavy (non-hydrogen) atoms. The molecule has 0 saturated heterocycles. The third kappa shape index (κ3) is 7.00. The maximum Gasteiger partial charge on any atom is 0.295 e. The Labute approximate surface area is 160 Å². The lowest BCUT2D eigenvalue weighted by atomic mass is 10.0. The highest BCUT2D eigenvalue weighted by Crippen LogP contribution is 2.28. The van der Waals surface area contributed by atoms with Gasteiger partial charge in [-0.15, -0.1) is 0 Å². The van der Waals surface area contributed by atoms with Gasteiger partial charge in [0.05, 0.1) is 11.5 Å². The van der Waals surface area contributed by atoms with Gasteiger partial charge in [-0.1, -0.05) is 42.5 Å². The van der Waals surface area contributed by atoms with Crippen LogP contribution in [0.15, 0.2) is 48.5 Å². The first-order valence-electron chi connectivity index (χ1n) is 9.20. The smallest absolute Gasteiger partial charge is 0.295 e. The molecule has 6 heteroatoms. The van der Waals surface area contributed by atoms with E-state index in [-0.39, 0.29) is 10.6 Å². The lowest BCUT2D eigenvalue weighted by Gasteiger charge is -2.18. The van der Waals surface area contributed by atoms with E-state index in [1.807, 2.05) is 36.4 Å². The number of ether oxygens (including phenoxy) is 2. The van der Waals surface area contributed by atoms with Crippen LogP contribution in [0.1, 0.15) is 24.0 Å². The van der Waals surface area contributed by atoms with E-state index in [1.165, 1.54) is 0 Å². The number of aryl methyl sites for hydroxylation is 1. The van der Waals surface area contributed by atoms with Gasteiger partial charge in [0.2, 0.25) is 0 Å². The van der Waals surface area contributed by atoms with Crippen LogP contribution in [0.3, 0.4) is 0 Å².